The quantitative estimate of drug-likeness (QED) is 0.0359. The first-order chi connectivity index (χ1) is 23.5. The van der Waals surface area contributed by atoms with E-state index in [4.69, 9.17) is 4.74 Å². The Morgan fingerprint density at radius 1 is 0.625 bits per heavy atom. The standard InChI is InChI=1S/C42H75NO5/c1-4-7-10-13-16-18-19-20-21-23-26-29-32-35-42(47)48-38(33-30-27-24-15-12-9-6-3)36-41(46)43-39(37-44)40(45)34-31-28-25-22-17-14-11-8-5-2/h7,10,13,16,18-21,38-40,44-45H,4-6,8-9,11-12,14-15,17,22-37H2,1-3H3,(H,43,46)/b10-7+,16-13+,19-18-,21-20-. The Balaban J connectivity index is 4.60. The SMILES string of the molecule is CC/C=C/C=C/C=C\C=C/CCCCCC(=O)OC(CCCCCCCCC)CC(=O)NC(CO)C(O)CCCCCCCCCCC. The fraction of sp³-hybridized carbons (Fsp3) is 0.762. The number of esters is 1. The maximum Gasteiger partial charge on any atom is 0.306 e. The number of ether oxygens (including phenoxy) is 1. The van der Waals surface area contributed by atoms with Crippen molar-refractivity contribution < 1.29 is 24.5 Å². The van der Waals surface area contributed by atoms with Crippen LogP contribution in [-0.4, -0.2) is 46.9 Å². The molecule has 0 fully saturated rings. The van der Waals surface area contributed by atoms with Gasteiger partial charge in [0.05, 0.1) is 25.2 Å². The van der Waals surface area contributed by atoms with Crippen LogP contribution in [0.25, 0.3) is 0 Å². The van der Waals surface area contributed by atoms with Crippen molar-refractivity contribution in [2.24, 2.45) is 0 Å². The van der Waals surface area contributed by atoms with E-state index in [2.05, 4.69) is 44.3 Å². The topological polar surface area (TPSA) is 95.9 Å². The Labute approximate surface area is 296 Å². The number of aliphatic hydroxyl groups is 2. The Bertz CT molecular complexity index is 849. The summed E-state index contributed by atoms with van der Waals surface area (Å²) in [7, 11) is 0. The van der Waals surface area contributed by atoms with Crippen molar-refractivity contribution in [3.8, 4) is 0 Å². The average Bonchev–Trinajstić information content (AvgIpc) is 3.07. The van der Waals surface area contributed by atoms with E-state index in [1.165, 1.54) is 64.2 Å². The molecule has 3 atom stereocenters. The van der Waals surface area contributed by atoms with Crippen LogP contribution < -0.4 is 5.32 Å². The summed E-state index contributed by atoms with van der Waals surface area (Å²) in [6.45, 7) is 6.25. The molecule has 0 aromatic rings. The molecule has 0 saturated carbocycles. The summed E-state index contributed by atoms with van der Waals surface area (Å²) in [6, 6.07) is -0.703. The maximum absolute atomic E-state index is 13.0. The average molecular weight is 674 g/mol. The second-order valence-corrected chi connectivity index (χ2v) is 13.4. The van der Waals surface area contributed by atoms with Crippen molar-refractivity contribution in [1.29, 1.82) is 0 Å². The smallest absolute Gasteiger partial charge is 0.306 e. The molecule has 0 rings (SSSR count). The van der Waals surface area contributed by atoms with Gasteiger partial charge in [-0.15, -0.1) is 0 Å². The van der Waals surface area contributed by atoms with Crippen LogP contribution in [0, 0.1) is 0 Å². The highest BCUT2D eigenvalue weighted by atomic mass is 16.5. The lowest BCUT2D eigenvalue weighted by Crippen LogP contribution is -2.46. The summed E-state index contributed by atoms with van der Waals surface area (Å²) in [5, 5.41) is 23.4. The lowest BCUT2D eigenvalue weighted by atomic mass is 10.0. The first kappa shape index (κ1) is 45.8. The van der Waals surface area contributed by atoms with Crippen LogP contribution in [0.4, 0.5) is 0 Å². The number of allylic oxidation sites excluding steroid dienone is 8. The minimum Gasteiger partial charge on any atom is -0.462 e. The fourth-order valence-electron chi connectivity index (χ4n) is 5.73. The van der Waals surface area contributed by atoms with Crippen LogP contribution >= 0.6 is 0 Å². The van der Waals surface area contributed by atoms with Gasteiger partial charge in [0.15, 0.2) is 0 Å². The summed E-state index contributed by atoms with van der Waals surface area (Å²) in [5.41, 5.74) is 0. The molecule has 0 heterocycles. The third kappa shape index (κ3) is 31.1. The molecule has 278 valence electrons. The van der Waals surface area contributed by atoms with Gasteiger partial charge in [-0.1, -0.05) is 172 Å². The van der Waals surface area contributed by atoms with Crippen molar-refractivity contribution in [3.05, 3.63) is 48.6 Å². The third-order valence-electron chi connectivity index (χ3n) is 8.77. The summed E-state index contributed by atoms with van der Waals surface area (Å²) in [4.78, 5) is 25.7. The van der Waals surface area contributed by atoms with Gasteiger partial charge in [0.25, 0.3) is 0 Å². The number of amides is 1. The minimum absolute atomic E-state index is 0.0607. The van der Waals surface area contributed by atoms with Crippen LogP contribution in [0.1, 0.15) is 181 Å². The predicted octanol–water partition coefficient (Wildman–Crippen LogP) is 10.8. The third-order valence-corrected chi connectivity index (χ3v) is 8.77. The highest BCUT2D eigenvalue weighted by molar-refractivity contribution is 5.77. The second kappa shape index (κ2) is 36.1. The molecule has 0 saturated heterocycles. The fourth-order valence-corrected chi connectivity index (χ4v) is 5.73. The zero-order valence-electron chi connectivity index (χ0n) is 31.4. The molecular weight excluding hydrogens is 598 g/mol. The van der Waals surface area contributed by atoms with Gasteiger partial charge in [-0.05, 0) is 44.9 Å². The number of nitrogens with one attached hydrogen (secondary N) is 1. The number of carbonyl (C=O) groups is 2. The molecule has 3 unspecified atom stereocenters. The lowest BCUT2D eigenvalue weighted by Gasteiger charge is -2.24. The highest BCUT2D eigenvalue weighted by Gasteiger charge is 2.24. The Hall–Kier alpha value is -2.18. The molecule has 48 heavy (non-hydrogen) atoms. The van der Waals surface area contributed by atoms with Crippen LogP contribution in [-0.2, 0) is 14.3 Å². The Morgan fingerprint density at radius 3 is 1.69 bits per heavy atom. The van der Waals surface area contributed by atoms with E-state index in [1.807, 2.05) is 30.4 Å². The monoisotopic (exact) mass is 674 g/mol. The molecule has 0 aromatic carbocycles. The van der Waals surface area contributed by atoms with Gasteiger partial charge in [-0.25, -0.2) is 0 Å². The summed E-state index contributed by atoms with van der Waals surface area (Å²) < 4.78 is 5.82. The molecule has 0 aliphatic rings. The van der Waals surface area contributed by atoms with Crippen LogP contribution in [0.15, 0.2) is 48.6 Å². The molecule has 1 amide bonds. The highest BCUT2D eigenvalue weighted by Crippen LogP contribution is 2.17. The van der Waals surface area contributed by atoms with Gasteiger partial charge >= 0.3 is 5.97 Å². The number of unbranched alkanes of at least 4 members (excludes halogenated alkanes) is 17. The first-order valence-corrected chi connectivity index (χ1v) is 19.9. The lowest BCUT2D eigenvalue weighted by molar-refractivity contribution is -0.151. The van der Waals surface area contributed by atoms with Gasteiger partial charge in [0.2, 0.25) is 5.91 Å². The second-order valence-electron chi connectivity index (χ2n) is 13.4. The van der Waals surface area contributed by atoms with Crippen molar-refractivity contribution in [2.75, 3.05) is 6.61 Å². The van der Waals surface area contributed by atoms with Gasteiger partial charge in [-0.3, -0.25) is 9.59 Å². The van der Waals surface area contributed by atoms with Gasteiger partial charge in [0.1, 0.15) is 6.10 Å². The molecule has 0 aromatic heterocycles. The number of hydrogen-bond acceptors (Lipinski definition) is 5. The Morgan fingerprint density at radius 2 is 1.12 bits per heavy atom. The molecule has 6 nitrogen and oxygen atoms in total. The Kier molecular flexibility index (Phi) is 34.5. The zero-order valence-corrected chi connectivity index (χ0v) is 31.4. The molecular formula is C42H75NO5. The van der Waals surface area contributed by atoms with Crippen LogP contribution in [0.5, 0.6) is 0 Å². The number of hydrogen-bond donors (Lipinski definition) is 3. The van der Waals surface area contributed by atoms with E-state index in [1.54, 1.807) is 0 Å². The van der Waals surface area contributed by atoms with E-state index < -0.39 is 18.2 Å². The zero-order chi connectivity index (χ0) is 35.3. The molecule has 0 radical (unpaired) electrons. The number of rotatable bonds is 34. The van der Waals surface area contributed by atoms with Crippen molar-refractivity contribution in [1.82, 2.24) is 5.32 Å². The normalized spacial score (nSPS) is 14.0. The van der Waals surface area contributed by atoms with Crippen LogP contribution in [0.2, 0.25) is 0 Å². The van der Waals surface area contributed by atoms with E-state index >= 15 is 0 Å². The van der Waals surface area contributed by atoms with Gasteiger partial charge in [0, 0.05) is 6.42 Å². The van der Waals surface area contributed by atoms with E-state index in [0.29, 0.717) is 19.3 Å². The number of carbonyl (C=O) groups excluding carboxylic acids is 2. The summed E-state index contributed by atoms with van der Waals surface area (Å²) in [5.74, 6) is -0.531. The molecule has 0 aliphatic carbocycles. The molecule has 3 N–H and O–H groups in total. The maximum atomic E-state index is 13.0. The van der Waals surface area contributed by atoms with Gasteiger partial charge in [-0.2, -0.15) is 0 Å². The molecule has 0 aliphatic heterocycles. The van der Waals surface area contributed by atoms with E-state index in [-0.39, 0.29) is 24.9 Å². The summed E-state index contributed by atoms with van der Waals surface area (Å²) >= 11 is 0. The van der Waals surface area contributed by atoms with E-state index in [9.17, 15) is 19.8 Å². The van der Waals surface area contributed by atoms with Crippen molar-refractivity contribution >= 4 is 11.9 Å². The molecule has 0 spiro atoms. The van der Waals surface area contributed by atoms with Crippen molar-refractivity contribution in [2.45, 2.75) is 200 Å². The minimum atomic E-state index is -0.789. The largest absolute Gasteiger partial charge is 0.462 e. The van der Waals surface area contributed by atoms with Crippen LogP contribution in [0.3, 0.4) is 0 Å². The van der Waals surface area contributed by atoms with Crippen molar-refractivity contribution in [3.63, 3.8) is 0 Å². The summed E-state index contributed by atoms with van der Waals surface area (Å²) in [6.07, 6.45) is 40.4. The first-order valence-electron chi connectivity index (χ1n) is 19.9. The molecule has 6 heteroatoms. The number of aliphatic hydroxyl groups excluding tert-OH is 2. The van der Waals surface area contributed by atoms with E-state index in [0.717, 1.165) is 70.6 Å². The predicted molar refractivity (Wildman–Crippen MR) is 204 cm³/mol. The molecule has 0 bridgehead atoms. The van der Waals surface area contributed by atoms with Gasteiger partial charge < -0.3 is 20.3 Å².